The Balaban J connectivity index is 1.92. The van der Waals surface area contributed by atoms with E-state index in [9.17, 15) is 4.79 Å². The fraction of sp³-hybridized carbons (Fsp3) is 0.588. The van der Waals surface area contributed by atoms with Gasteiger partial charge in [-0.15, -0.1) is 0 Å². The maximum atomic E-state index is 12.0. The SMILES string of the molecule is CCCOc1ccc(C(C)NC2CCCCNC2=O)cc1. The van der Waals surface area contributed by atoms with Gasteiger partial charge in [-0.1, -0.05) is 19.1 Å². The Morgan fingerprint density at radius 1 is 1.33 bits per heavy atom. The first-order chi connectivity index (χ1) is 10.2. The van der Waals surface area contributed by atoms with E-state index >= 15 is 0 Å². The summed E-state index contributed by atoms with van der Waals surface area (Å²) in [4.78, 5) is 12.0. The van der Waals surface area contributed by atoms with Crippen molar-refractivity contribution >= 4 is 5.91 Å². The van der Waals surface area contributed by atoms with Crippen LogP contribution in [0.15, 0.2) is 24.3 Å². The van der Waals surface area contributed by atoms with Gasteiger partial charge in [-0.05, 0) is 50.3 Å². The molecule has 0 radical (unpaired) electrons. The molecule has 0 spiro atoms. The van der Waals surface area contributed by atoms with Crippen molar-refractivity contribution in [2.75, 3.05) is 13.2 Å². The second kappa shape index (κ2) is 8.03. The van der Waals surface area contributed by atoms with Gasteiger partial charge in [0.05, 0.1) is 12.6 Å². The highest BCUT2D eigenvalue weighted by Crippen LogP contribution is 2.19. The molecule has 1 saturated heterocycles. The van der Waals surface area contributed by atoms with Crippen molar-refractivity contribution in [1.29, 1.82) is 0 Å². The summed E-state index contributed by atoms with van der Waals surface area (Å²) in [5.41, 5.74) is 1.18. The van der Waals surface area contributed by atoms with Gasteiger partial charge >= 0.3 is 0 Å². The largest absolute Gasteiger partial charge is 0.494 e. The molecule has 21 heavy (non-hydrogen) atoms. The van der Waals surface area contributed by atoms with Gasteiger partial charge in [-0.25, -0.2) is 0 Å². The quantitative estimate of drug-likeness (QED) is 0.847. The first-order valence-corrected chi connectivity index (χ1v) is 7.97. The number of amides is 1. The number of hydrogen-bond donors (Lipinski definition) is 2. The van der Waals surface area contributed by atoms with Gasteiger partial charge in [0.15, 0.2) is 0 Å². The van der Waals surface area contributed by atoms with Gasteiger partial charge in [-0.2, -0.15) is 0 Å². The van der Waals surface area contributed by atoms with Crippen LogP contribution in [0.4, 0.5) is 0 Å². The van der Waals surface area contributed by atoms with Crippen LogP contribution in [0.1, 0.15) is 51.1 Å². The lowest BCUT2D eigenvalue weighted by Crippen LogP contribution is -2.43. The van der Waals surface area contributed by atoms with Gasteiger partial charge in [0.25, 0.3) is 0 Å². The standard InChI is InChI=1S/C17H26N2O2/c1-3-12-21-15-9-7-14(8-10-15)13(2)19-16-6-4-5-11-18-17(16)20/h7-10,13,16,19H,3-6,11-12H2,1-2H3,(H,18,20). The molecule has 2 N–H and O–H groups in total. The molecule has 1 aromatic carbocycles. The minimum absolute atomic E-state index is 0.0847. The van der Waals surface area contributed by atoms with Crippen molar-refractivity contribution in [2.24, 2.45) is 0 Å². The number of benzene rings is 1. The normalized spacial score (nSPS) is 20.5. The average Bonchev–Trinajstić information content (AvgIpc) is 2.70. The van der Waals surface area contributed by atoms with Gasteiger partial charge in [0, 0.05) is 12.6 Å². The molecule has 1 heterocycles. The molecule has 2 atom stereocenters. The number of hydrogen-bond acceptors (Lipinski definition) is 3. The minimum Gasteiger partial charge on any atom is -0.494 e. The molecule has 0 aromatic heterocycles. The summed E-state index contributed by atoms with van der Waals surface area (Å²) < 4.78 is 5.59. The van der Waals surface area contributed by atoms with Crippen LogP contribution in [0.5, 0.6) is 5.75 Å². The third kappa shape index (κ3) is 4.74. The number of ether oxygens (including phenoxy) is 1. The summed E-state index contributed by atoms with van der Waals surface area (Å²) >= 11 is 0. The zero-order valence-corrected chi connectivity index (χ0v) is 13.0. The van der Waals surface area contributed by atoms with Gasteiger partial charge < -0.3 is 10.1 Å². The van der Waals surface area contributed by atoms with Gasteiger partial charge in [0.1, 0.15) is 5.75 Å². The maximum Gasteiger partial charge on any atom is 0.237 e. The van der Waals surface area contributed by atoms with E-state index in [1.807, 2.05) is 12.1 Å². The molecule has 1 fully saturated rings. The van der Waals surface area contributed by atoms with Crippen LogP contribution in [0.25, 0.3) is 0 Å². The van der Waals surface area contributed by atoms with Crippen molar-refractivity contribution < 1.29 is 9.53 Å². The Kier molecular flexibility index (Phi) is 6.05. The zero-order valence-electron chi connectivity index (χ0n) is 13.0. The Morgan fingerprint density at radius 2 is 2.10 bits per heavy atom. The first-order valence-electron chi connectivity index (χ1n) is 7.97. The molecular weight excluding hydrogens is 264 g/mol. The average molecular weight is 290 g/mol. The summed E-state index contributed by atoms with van der Waals surface area (Å²) in [6.45, 7) is 5.74. The number of carbonyl (C=O) groups is 1. The van der Waals surface area contributed by atoms with Crippen molar-refractivity contribution in [3.8, 4) is 5.75 Å². The fourth-order valence-electron chi connectivity index (χ4n) is 2.57. The second-order valence-corrected chi connectivity index (χ2v) is 5.65. The van der Waals surface area contributed by atoms with Gasteiger partial charge in [-0.3, -0.25) is 10.1 Å². The zero-order chi connectivity index (χ0) is 15.1. The smallest absolute Gasteiger partial charge is 0.237 e. The van der Waals surface area contributed by atoms with E-state index < -0.39 is 0 Å². The van der Waals surface area contributed by atoms with Crippen LogP contribution < -0.4 is 15.4 Å². The molecule has 0 aliphatic carbocycles. The monoisotopic (exact) mass is 290 g/mol. The topological polar surface area (TPSA) is 50.4 Å². The molecule has 4 nitrogen and oxygen atoms in total. The van der Waals surface area contributed by atoms with Crippen LogP contribution in [0.2, 0.25) is 0 Å². The Bertz CT molecular complexity index is 445. The van der Waals surface area contributed by atoms with E-state index in [0.717, 1.165) is 44.6 Å². The van der Waals surface area contributed by atoms with E-state index in [2.05, 4.69) is 36.6 Å². The van der Waals surface area contributed by atoms with Crippen molar-refractivity contribution in [3.63, 3.8) is 0 Å². The van der Waals surface area contributed by atoms with E-state index in [-0.39, 0.29) is 18.0 Å². The van der Waals surface area contributed by atoms with Crippen molar-refractivity contribution in [2.45, 2.75) is 51.6 Å². The number of nitrogens with one attached hydrogen (secondary N) is 2. The van der Waals surface area contributed by atoms with E-state index in [0.29, 0.717) is 0 Å². The van der Waals surface area contributed by atoms with E-state index in [4.69, 9.17) is 4.74 Å². The fourth-order valence-corrected chi connectivity index (χ4v) is 2.57. The highest BCUT2D eigenvalue weighted by atomic mass is 16.5. The van der Waals surface area contributed by atoms with Crippen LogP contribution in [0, 0.1) is 0 Å². The molecule has 1 aliphatic rings. The summed E-state index contributed by atoms with van der Waals surface area (Å²) in [5.74, 6) is 1.03. The van der Waals surface area contributed by atoms with Crippen molar-refractivity contribution in [1.82, 2.24) is 10.6 Å². The van der Waals surface area contributed by atoms with Crippen molar-refractivity contribution in [3.05, 3.63) is 29.8 Å². The highest BCUT2D eigenvalue weighted by molar-refractivity contribution is 5.81. The molecule has 0 saturated carbocycles. The predicted octanol–water partition coefficient (Wildman–Crippen LogP) is 2.79. The molecule has 2 unspecified atom stereocenters. The summed E-state index contributed by atoms with van der Waals surface area (Å²) in [7, 11) is 0. The Morgan fingerprint density at radius 3 is 2.81 bits per heavy atom. The summed E-state index contributed by atoms with van der Waals surface area (Å²) in [6, 6.07) is 8.19. The molecule has 4 heteroatoms. The first kappa shape index (κ1) is 15.8. The predicted molar refractivity (Wildman–Crippen MR) is 84.4 cm³/mol. The third-order valence-corrected chi connectivity index (χ3v) is 3.84. The highest BCUT2D eigenvalue weighted by Gasteiger charge is 2.22. The van der Waals surface area contributed by atoms with Crippen LogP contribution in [-0.2, 0) is 4.79 Å². The lowest BCUT2D eigenvalue weighted by Gasteiger charge is -2.21. The van der Waals surface area contributed by atoms with Crippen LogP contribution in [-0.4, -0.2) is 25.1 Å². The minimum atomic E-state index is -0.0847. The Hall–Kier alpha value is -1.55. The lowest BCUT2D eigenvalue weighted by atomic mass is 10.0. The molecule has 2 rings (SSSR count). The number of carbonyl (C=O) groups excluding carboxylic acids is 1. The molecule has 116 valence electrons. The summed E-state index contributed by atoms with van der Waals surface area (Å²) in [5, 5.41) is 6.40. The Labute approximate surface area is 127 Å². The van der Waals surface area contributed by atoms with E-state index in [1.54, 1.807) is 0 Å². The van der Waals surface area contributed by atoms with Gasteiger partial charge in [0.2, 0.25) is 5.91 Å². The third-order valence-electron chi connectivity index (χ3n) is 3.84. The lowest BCUT2D eigenvalue weighted by molar-refractivity contribution is -0.123. The maximum absolute atomic E-state index is 12.0. The molecule has 1 aromatic rings. The molecule has 1 aliphatic heterocycles. The second-order valence-electron chi connectivity index (χ2n) is 5.65. The molecule has 0 bridgehead atoms. The van der Waals surface area contributed by atoms with Crippen LogP contribution in [0.3, 0.4) is 0 Å². The number of rotatable bonds is 6. The molecular formula is C17H26N2O2. The van der Waals surface area contributed by atoms with E-state index in [1.165, 1.54) is 5.56 Å². The van der Waals surface area contributed by atoms with Crippen LogP contribution >= 0.6 is 0 Å². The summed E-state index contributed by atoms with van der Waals surface area (Å²) in [6.07, 6.45) is 4.08. The molecule has 1 amide bonds.